The fraction of sp³-hybridized carbons (Fsp3) is 1.00. The number of hydrogen-bond acceptors (Lipinski definition) is 3. The molecule has 0 saturated heterocycles. The van der Waals surface area contributed by atoms with Gasteiger partial charge in [0.2, 0.25) is 0 Å². The monoisotopic (exact) mass is 202 g/mol. The van der Waals surface area contributed by atoms with E-state index in [9.17, 15) is 0 Å². The van der Waals surface area contributed by atoms with Gasteiger partial charge in [0.15, 0.2) is 0 Å². The van der Waals surface area contributed by atoms with Crippen LogP contribution in [0.2, 0.25) is 0 Å². The van der Waals surface area contributed by atoms with Gasteiger partial charge in [-0.2, -0.15) is 0 Å². The van der Waals surface area contributed by atoms with Crippen molar-refractivity contribution in [1.82, 2.24) is 4.90 Å². The van der Waals surface area contributed by atoms with Gasteiger partial charge in [-0.25, -0.2) is 0 Å². The molecule has 14 heavy (non-hydrogen) atoms. The number of methoxy groups -OCH3 is 1. The molecular weight excluding hydrogens is 176 g/mol. The van der Waals surface area contributed by atoms with E-state index in [4.69, 9.17) is 10.5 Å². The zero-order chi connectivity index (χ0) is 11.0. The Morgan fingerprint density at radius 2 is 2.00 bits per heavy atom. The van der Waals surface area contributed by atoms with Gasteiger partial charge in [0, 0.05) is 25.7 Å². The minimum atomic E-state index is 0.571. The van der Waals surface area contributed by atoms with Gasteiger partial charge in [-0.05, 0) is 33.2 Å². The summed E-state index contributed by atoms with van der Waals surface area (Å²) >= 11 is 0. The molecule has 0 heterocycles. The second kappa shape index (κ2) is 8.21. The van der Waals surface area contributed by atoms with Crippen molar-refractivity contribution in [2.75, 3.05) is 26.8 Å². The highest BCUT2D eigenvalue weighted by Gasteiger charge is 2.18. The van der Waals surface area contributed by atoms with E-state index in [0.29, 0.717) is 12.1 Å². The van der Waals surface area contributed by atoms with Gasteiger partial charge in [0.05, 0.1) is 6.61 Å². The molecule has 0 aromatic carbocycles. The Morgan fingerprint density at radius 3 is 2.36 bits per heavy atom. The molecule has 0 aliphatic rings. The van der Waals surface area contributed by atoms with Crippen LogP contribution in [0.4, 0.5) is 0 Å². The maximum absolute atomic E-state index is 5.61. The van der Waals surface area contributed by atoms with Crippen LogP contribution in [0, 0.1) is 0 Å². The lowest BCUT2D eigenvalue weighted by Gasteiger charge is -2.34. The van der Waals surface area contributed by atoms with Gasteiger partial charge < -0.3 is 10.5 Å². The molecule has 0 spiro atoms. The Morgan fingerprint density at radius 1 is 1.36 bits per heavy atom. The summed E-state index contributed by atoms with van der Waals surface area (Å²) < 4.78 is 5.12. The summed E-state index contributed by atoms with van der Waals surface area (Å²) in [6, 6.07) is 1.18. The Balaban J connectivity index is 4.12. The second-order valence-corrected chi connectivity index (χ2v) is 3.96. The van der Waals surface area contributed by atoms with E-state index >= 15 is 0 Å². The standard InChI is InChI=1S/C11H26N2O/c1-5-11(6-7-12)13(10(2)3)8-9-14-4/h10-11H,5-9,12H2,1-4H3. The third-order valence-corrected chi connectivity index (χ3v) is 2.66. The van der Waals surface area contributed by atoms with E-state index in [-0.39, 0.29) is 0 Å². The van der Waals surface area contributed by atoms with Gasteiger partial charge in [-0.1, -0.05) is 6.92 Å². The lowest BCUT2D eigenvalue weighted by molar-refractivity contribution is 0.0907. The van der Waals surface area contributed by atoms with E-state index in [1.165, 1.54) is 6.42 Å². The maximum atomic E-state index is 5.61. The minimum absolute atomic E-state index is 0.571. The number of nitrogens with zero attached hydrogens (tertiary/aromatic N) is 1. The van der Waals surface area contributed by atoms with Crippen LogP contribution in [0.5, 0.6) is 0 Å². The van der Waals surface area contributed by atoms with Crippen molar-refractivity contribution in [3.8, 4) is 0 Å². The first-order chi connectivity index (χ1) is 6.67. The number of hydrogen-bond donors (Lipinski definition) is 1. The molecule has 2 N–H and O–H groups in total. The van der Waals surface area contributed by atoms with Gasteiger partial charge >= 0.3 is 0 Å². The Bertz CT molecular complexity index is 128. The Kier molecular flexibility index (Phi) is 8.14. The molecule has 0 aliphatic heterocycles. The molecule has 0 fully saturated rings. The molecule has 0 radical (unpaired) electrons. The first kappa shape index (κ1) is 13.9. The molecule has 0 rings (SSSR count). The highest BCUT2D eigenvalue weighted by Crippen LogP contribution is 2.11. The Hall–Kier alpha value is -0.120. The summed E-state index contributed by atoms with van der Waals surface area (Å²) in [5, 5.41) is 0. The lowest BCUT2D eigenvalue weighted by atomic mass is 10.1. The van der Waals surface area contributed by atoms with Crippen LogP contribution in [-0.2, 0) is 4.74 Å². The van der Waals surface area contributed by atoms with Crippen molar-refractivity contribution in [1.29, 1.82) is 0 Å². The van der Waals surface area contributed by atoms with Crippen LogP contribution >= 0.6 is 0 Å². The summed E-state index contributed by atoms with van der Waals surface area (Å²) in [7, 11) is 1.75. The summed E-state index contributed by atoms with van der Waals surface area (Å²) in [6.07, 6.45) is 2.25. The number of rotatable bonds is 8. The molecule has 3 heteroatoms. The zero-order valence-electron chi connectivity index (χ0n) is 10.1. The fourth-order valence-electron chi connectivity index (χ4n) is 1.86. The predicted octanol–water partition coefficient (Wildman–Crippen LogP) is 1.47. The van der Waals surface area contributed by atoms with Crippen LogP contribution in [0.25, 0.3) is 0 Å². The van der Waals surface area contributed by atoms with E-state index in [0.717, 1.165) is 26.1 Å². The quantitative estimate of drug-likeness (QED) is 0.648. The van der Waals surface area contributed by atoms with E-state index in [1.54, 1.807) is 7.11 Å². The van der Waals surface area contributed by atoms with E-state index in [2.05, 4.69) is 25.7 Å². The summed E-state index contributed by atoms with van der Waals surface area (Å²) in [4.78, 5) is 2.48. The van der Waals surface area contributed by atoms with Gasteiger partial charge in [-0.15, -0.1) is 0 Å². The molecule has 1 atom stereocenters. The Labute approximate surface area is 88.6 Å². The van der Waals surface area contributed by atoms with Crippen molar-refractivity contribution in [3.05, 3.63) is 0 Å². The highest BCUT2D eigenvalue weighted by atomic mass is 16.5. The summed E-state index contributed by atoms with van der Waals surface area (Å²) in [6.45, 7) is 9.27. The fourth-order valence-corrected chi connectivity index (χ4v) is 1.86. The van der Waals surface area contributed by atoms with Crippen LogP contribution in [0.3, 0.4) is 0 Å². The molecule has 0 bridgehead atoms. The van der Waals surface area contributed by atoms with Gasteiger partial charge in [-0.3, -0.25) is 4.90 Å². The van der Waals surface area contributed by atoms with Crippen molar-refractivity contribution in [2.45, 2.75) is 45.7 Å². The van der Waals surface area contributed by atoms with Crippen molar-refractivity contribution >= 4 is 0 Å². The first-order valence-corrected chi connectivity index (χ1v) is 5.62. The SMILES string of the molecule is CCC(CCN)N(CCOC)C(C)C. The smallest absolute Gasteiger partial charge is 0.0589 e. The molecule has 0 aromatic heterocycles. The molecule has 0 aromatic rings. The third kappa shape index (κ3) is 4.94. The van der Waals surface area contributed by atoms with E-state index < -0.39 is 0 Å². The van der Waals surface area contributed by atoms with Crippen molar-refractivity contribution < 1.29 is 4.74 Å². The van der Waals surface area contributed by atoms with Gasteiger partial charge in [0.25, 0.3) is 0 Å². The van der Waals surface area contributed by atoms with Gasteiger partial charge in [0.1, 0.15) is 0 Å². The average molecular weight is 202 g/mol. The average Bonchev–Trinajstić information content (AvgIpc) is 2.16. The van der Waals surface area contributed by atoms with Crippen molar-refractivity contribution in [3.63, 3.8) is 0 Å². The third-order valence-electron chi connectivity index (χ3n) is 2.66. The van der Waals surface area contributed by atoms with Crippen molar-refractivity contribution in [2.24, 2.45) is 5.73 Å². The number of ether oxygens (including phenoxy) is 1. The molecule has 0 saturated carbocycles. The topological polar surface area (TPSA) is 38.5 Å². The molecule has 86 valence electrons. The van der Waals surface area contributed by atoms with Crippen LogP contribution in [0.1, 0.15) is 33.6 Å². The molecule has 0 aliphatic carbocycles. The highest BCUT2D eigenvalue weighted by molar-refractivity contribution is 4.73. The largest absolute Gasteiger partial charge is 0.383 e. The van der Waals surface area contributed by atoms with Crippen LogP contribution in [-0.4, -0.2) is 43.8 Å². The second-order valence-electron chi connectivity index (χ2n) is 3.96. The first-order valence-electron chi connectivity index (χ1n) is 5.62. The lowest BCUT2D eigenvalue weighted by Crippen LogP contribution is -2.43. The zero-order valence-corrected chi connectivity index (χ0v) is 10.1. The number of nitrogens with two attached hydrogens (primary N) is 1. The minimum Gasteiger partial charge on any atom is -0.383 e. The summed E-state index contributed by atoms with van der Waals surface area (Å²) in [5.74, 6) is 0. The van der Waals surface area contributed by atoms with Crippen LogP contribution < -0.4 is 5.73 Å². The normalized spacial score (nSPS) is 13.9. The molecule has 0 amide bonds. The predicted molar refractivity (Wildman–Crippen MR) is 61.5 cm³/mol. The maximum Gasteiger partial charge on any atom is 0.0589 e. The molecular formula is C11H26N2O. The summed E-state index contributed by atoms with van der Waals surface area (Å²) in [5.41, 5.74) is 5.61. The molecule has 3 nitrogen and oxygen atoms in total. The van der Waals surface area contributed by atoms with Crippen LogP contribution in [0.15, 0.2) is 0 Å². The van der Waals surface area contributed by atoms with E-state index in [1.807, 2.05) is 0 Å². The molecule has 1 unspecified atom stereocenters.